The van der Waals surface area contributed by atoms with E-state index in [2.05, 4.69) is 20.8 Å². The number of rotatable bonds is 4. The van der Waals surface area contributed by atoms with E-state index in [1.165, 1.54) is 0 Å². The van der Waals surface area contributed by atoms with Gasteiger partial charge in [-0.05, 0) is 28.5 Å². The number of nitrogens with zero attached hydrogens (tertiary/aromatic N) is 4. The van der Waals surface area contributed by atoms with Crippen molar-refractivity contribution in [1.29, 1.82) is 0 Å². The van der Waals surface area contributed by atoms with Crippen molar-refractivity contribution in [3.05, 3.63) is 83.1 Å². The van der Waals surface area contributed by atoms with Crippen LogP contribution in [0.15, 0.2) is 71.9 Å². The van der Waals surface area contributed by atoms with Gasteiger partial charge in [0.1, 0.15) is 12.6 Å². The number of aromatic nitrogens is 4. The first-order chi connectivity index (χ1) is 12.7. The third kappa shape index (κ3) is 2.95. The molecule has 7 heteroatoms. The number of hydrogen-bond donors (Lipinski definition) is 1. The van der Waals surface area contributed by atoms with Crippen molar-refractivity contribution in [2.75, 3.05) is 5.32 Å². The summed E-state index contributed by atoms with van der Waals surface area (Å²) in [5.41, 5.74) is 3.02. The van der Waals surface area contributed by atoms with Crippen molar-refractivity contribution in [2.45, 2.75) is 19.6 Å². The lowest BCUT2D eigenvalue weighted by Gasteiger charge is -2.27. The maximum Gasteiger partial charge on any atom is 0.338 e. The van der Waals surface area contributed by atoms with E-state index in [4.69, 9.17) is 4.74 Å². The summed E-state index contributed by atoms with van der Waals surface area (Å²) in [6, 6.07) is 18.8. The fourth-order valence-electron chi connectivity index (χ4n) is 3.02. The maximum absolute atomic E-state index is 12.9. The second kappa shape index (κ2) is 6.79. The molecule has 0 bridgehead atoms. The third-order valence-electron chi connectivity index (χ3n) is 4.26. The first-order valence-electron chi connectivity index (χ1n) is 8.25. The van der Waals surface area contributed by atoms with Crippen LogP contribution in [-0.4, -0.2) is 26.2 Å². The van der Waals surface area contributed by atoms with Crippen molar-refractivity contribution in [3.63, 3.8) is 0 Å². The molecule has 2 heterocycles. The summed E-state index contributed by atoms with van der Waals surface area (Å²) >= 11 is 0. The Hall–Kier alpha value is -3.48. The molecule has 7 nitrogen and oxygen atoms in total. The molecule has 1 aliphatic heterocycles. The molecule has 0 saturated heterocycles. The van der Waals surface area contributed by atoms with E-state index in [0.717, 1.165) is 11.1 Å². The number of tetrazole rings is 1. The minimum absolute atomic E-state index is 0.209. The number of allylic oxidation sites excluding steroid dienone is 1. The van der Waals surface area contributed by atoms with Gasteiger partial charge in [0.15, 0.2) is 0 Å². The van der Waals surface area contributed by atoms with Crippen molar-refractivity contribution in [3.8, 4) is 0 Å². The molecule has 0 radical (unpaired) electrons. The van der Waals surface area contributed by atoms with Gasteiger partial charge in [-0.3, -0.25) is 0 Å². The molecule has 0 spiro atoms. The minimum atomic E-state index is -0.439. The molecule has 1 aromatic heterocycles. The first kappa shape index (κ1) is 16.0. The van der Waals surface area contributed by atoms with Crippen LogP contribution in [0.1, 0.15) is 24.1 Å². The zero-order chi connectivity index (χ0) is 17.9. The molecule has 4 rings (SSSR count). The van der Waals surface area contributed by atoms with Crippen LogP contribution in [0.25, 0.3) is 0 Å². The number of fused-ring (bicyclic) bond motifs is 1. The predicted octanol–water partition coefficient (Wildman–Crippen LogP) is 2.71. The lowest BCUT2D eigenvalue weighted by Crippen LogP contribution is -2.29. The van der Waals surface area contributed by atoms with Crippen LogP contribution < -0.4 is 5.32 Å². The highest BCUT2D eigenvalue weighted by Crippen LogP contribution is 2.34. The van der Waals surface area contributed by atoms with Crippen LogP contribution in [0, 0.1) is 0 Å². The summed E-state index contributed by atoms with van der Waals surface area (Å²) < 4.78 is 7.16. The molecular formula is C19H17N5O2. The van der Waals surface area contributed by atoms with Gasteiger partial charge in [-0.25, -0.2) is 4.79 Å². The Kier molecular flexibility index (Phi) is 4.18. The number of nitrogens with one attached hydrogen (secondary N) is 1. The number of carbonyl (C=O) groups is 1. The second-order valence-corrected chi connectivity index (χ2v) is 5.99. The Balaban J connectivity index is 1.67. The highest BCUT2D eigenvalue weighted by Gasteiger charge is 2.34. The fraction of sp³-hybridized carbons (Fsp3) is 0.158. The summed E-state index contributed by atoms with van der Waals surface area (Å²) in [4.78, 5) is 12.9. The smallest absolute Gasteiger partial charge is 0.338 e. The van der Waals surface area contributed by atoms with Gasteiger partial charge in [0.25, 0.3) is 0 Å². The number of anilines is 1. The lowest BCUT2D eigenvalue weighted by molar-refractivity contribution is -0.140. The molecule has 3 aromatic rings. The molecule has 2 aromatic carbocycles. The van der Waals surface area contributed by atoms with Gasteiger partial charge < -0.3 is 10.1 Å². The number of benzene rings is 2. The average Bonchev–Trinajstić information content (AvgIpc) is 3.14. The van der Waals surface area contributed by atoms with Crippen molar-refractivity contribution in [2.24, 2.45) is 0 Å². The quantitative estimate of drug-likeness (QED) is 0.731. The van der Waals surface area contributed by atoms with Crippen LogP contribution in [0.4, 0.5) is 5.95 Å². The maximum atomic E-state index is 12.9. The molecular weight excluding hydrogens is 330 g/mol. The monoisotopic (exact) mass is 347 g/mol. The summed E-state index contributed by atoms with van der Waals surface area (Å²) in [6.07, 6.45) is 0. The summed E-state index contributed by atoms with van der Waals surface area (Å²) in [5, 5.41) is 14.8. The van der Waals surface area contributed by atoms with E-state index in [1.54, 1.807) is 4.68 Å². The van der Waals surface area contributed by atoms with Crippen molar-refractivity contribution >= 4 is 11.9 Å². The first-order valence-corrected chi connectivity index (χ1v) is 8.25. The molecule has 0 amide bonds. The lowest BCUT2D eigenvalue weighted by atomic mass is 9.96. The Morgan fingerprint density at radius 3 is 2.54 bits per heavy atom. The van der Waals surface area contributed by atoms with Gasteiger partial charge >= 0.3 is 5.97 Å². The molecule has 130 valence electrons. The molecule has 0 saturated carbocycles. The summed E-state index contributed by atoms with van der Waals surface area (Å²) in [6.45, 7) is 2.04. The van der Waals surface area contributed by atoms with E-state index in [0.29, 0.717) is 17.2 Å². The van der Waals surface area contributed by atoms with E-state index >= 15 is 0 Å². The molecule has 1 N–H and O–H groups in total. The number of esters is 1. The highest BCUT2D eigenvalue weighted by molar-refractivity contribution is 5.92. The van der Waals surface area contributed by atoms with E-state index in [1.807, 2.05) is 67.6 Å². The van der Waals surface area contributed by atoms with Crippen LogP contribution >= 0.6 is 0 Å². The van der Waals surface area contributed by atoms with E-state index in [-0.39, 0.29) is 6.61 Å². The summed E-state index contributed by atoms with van der Waals surface area (Å²) in [7, 11) is 0. The number of carbonyl (C=O) groups excluding carboxylic acids is 1. The molecule has 1 atom stereocenters. The molecule has 26 heavy (non-hydrogen) atoms. The zero-order valence-electron chi connectivity index (χ0n) is 14.2. The largest absolute Gasteiger partial charge is 0.457 e. The molecule has 1 aliphatic rings. The Morgan fingerprint density at radius 2 is 1.81 bits per heavy atom. The predicted molar refractivity (Wildman–Crippen MR) is 95.0 cm³/mol. The molecule has 0 unspecified atom stereocenters. The van der Waals surface area contributed by atoms with Crippen LogP contribution in [-0.2, 0) is 16.1 Å². The van der Waals surface area contributed by atoms with Gasteiger partial charge in [0.05, 0.1) is 5.57 Å². The van der Waals surface area contributed by atoms with E-state index in [9.17, 15) is 4.79 Å². The fourth-order valence-corrected chi connectivity index (χ4v) is 3.02. The molecule has 0 fully saturated rings. The topological polar surface area (TPSA) is 81.9 Å². The molecule has 0 aliphatic carbocycles. The zero-order valence-corrected chi connectivity index (χ0v) is 14.2. The Morgan fingerprint density at radius 1 is 1.12 bits per heavy atom. The van der Waals surface area contributed by atoms with Crippen LogP contribution in [0.5, 0.6) is 0 Å². The standard InChI is InChI=1S/C19H17N5O2/c1-13-16(18(25)26-12-14-8-4-2-5-9-14)17(15-10-6-3-7-11-15)24-19(20-13)21-22-23-24/h2-11,17H,12H2,1H3,(H,20,21,23)/t17-/m1/s1. The van der Waals surface area contributed by atoms with Crippen LogP contribution in [0.3, 0.4) is 0 Å². The van der Waals surface area contributed by atoms with Gasteiger partial charge in [-0.15, -0.1) is 0 Å². The summed E-state index contributed by atoms with van der Waals surface area (Å²) in [5.74, 6) is 0.102. The van der Waals surface area contributed by atoms with Gasteiger partial charge in [-0.2, -0.15) is 4.68 Å². The second-order valence-electron chi connectivity index (χ2n) is 5.99. The normalized spacial score (nSPS) is 16.0. The number of hydrogen-bond acceptors (Lipinski definition) is 6. The van der Waals surface area contributed by atoms with Crippen molar-refractivity contribution in [1.82, 2.24) is 20.2 Å². The average molecular weight is 347 g/mol. The Labute approximate surface area is 150 Å². The van der Waals surface area contributed by atoms with Gasteiger partial charge in [0, 0.05) is 5.70 Å². The van der Waals surface area contributed by atoms with Crippen molar-refractivity contribution < 1.29 is 9.53 Å². The minimum Gasteiger partial charge on any atom is -0.457 e. The SMILES string of the molecule is CC1=C(C(=O)OCc2ccccc2)[C@@H](c2ccccc2)n2nnnc2N1. The van der Waals surface area contributed by atoms with Crippen LogP contribution in [0.2, 0.25) is 0 Å². The van der Waals surface area contributed by atoms with Gasteiger partial charge in [0.2, 0.25) is 5.95 Å². The Bertz CT molecular complexity index is 950. The highest BCUT2D eigenvalue weighted by atomic mass is 16.5. The van der Waals surface area contributed by atoms with Gasteiger partial charge in [-0.1, -0.05) is 65.8 Å². The third-order valence-corrected chi connectivity index (χ3v) is 4.26. The van der Waals surface area contributed by atoms with E-state index < -0.39 is 12.0 Å². The number of ether oxygens (including phenoxy) is 1.